The van der Waals surface area contributed by atoms with Crippen LogP contribution in [0.5, 0.6) is 0 Å². The second-order valence-corrected chi connectivity index (χ2v) is 4.22. The highest BCUT2D eigenvalue weighted by atomic mass is 32.2. The van der Waals surface area contributed by atoms with Crippen LogP contribution in [0.25, 0.3) is 0 Å². The molecule has 5 nitrogen and oxygen atoms in total. The van der Waals surface area contributed by atoms with Gasteiger partial charge in [-0.15, -0.1) is 11.8 Å². The summed E-state index contributed by atoms with van der Waals surface area (Å²) in [5.74, 6) is 1.49. The van der Waals surface area contributed by atoms with Crippen LogP contribution in [0.4, 0.5) is 0 Å². The van der Waals surface area contributed by atoms with Gasteiger partial charge in [0.15, 0.2) is 6.19 Å². The molecule has 2 N–H and O–H groups in total. The van der Waals surface area contributed by atoms with Crippen LogP contribution >= 0.6 is 11.8 Å². The van der Waals surface area contributed by atoms with E-state index in [0.29, 0.717) is 5.96 Å². The van der Waals surface area contributed by atoms with Gasteiger partial charge in [0.1, 0.15) is 0 Å². The smallest absolute Gasteiger partial charge is 0.204 e. The van der Waals surface area contributed by atoms with Crippen LogP contribution in [0.1, 0.15) is 6.42 Å². The number of pyridine rings is 1. The maximum atomic E-state index is 8.42. The quantitative estimate of drug-likeness (QED) is 0.205. The van der Waals surface area contributed by atoms with E-state index in [1.807, 2.05) is 24.4 Å². The summed E-state index contributed by atoms with van der Waals surface area (Å²) in [5, 5.41) is 15.0. The van der Waals surface area contributed by atoms with E-state index in [4.69, 9.17) is 5.26 Å². The minimum Gasteiger partial charge on any atom is -0.356 e. The summed E-state index contributed by atoms with van der Waals surface area (Å²) in [6.45, 7) is 0.779. The van der Waals surface area contributed by atoms with Gasteiger partial charge in [0, 0.05) is 25.5 Å². The lowest BCUT2D eigenvalue weighted by Crippen LogP contribution is -2.35. The van der Waals surface area contributed by atoms with Gasteiger partial charge in [-0.05, 0) is 18.6 Å². The highest BCUT2D eigenvalue weighted by molar-refractivity contribution is 7.99. The summed E-state index contributed by atoms with van der Waals surface area (Å²) in [6, 6.07) is 5.88. The third-order valence-electron chi connectivity index (χ3n) is 1.90. The van der Waals surface area contributed by atoms with Gasteiger partial charge in [-0.2, -0.15) is 5.26 Å². The second kappa shape index (κ2) is 8.42. The SMILES string of the molecule is CN=C(NC#N)NCCCSc1ccccn1. The Kier molecular flexibility index (Phi) is 6.60. The van der Waals surface area contributed by atoms with Crippen molar-refractivity contribution < 1.29 is 0 Å². The van der Waals surface area contributed by atoms with Gasteiger partial charge in [-0.25, -0.2) is 4.98 Å². The van der Waals surface area contributed by atoms with Crippen molar-refractivity contribution in [3.8, 4) is 6.19 Å². The molecule has 1 aromatic heterocycles. The molecular weight excluding hydrogens is 234 g/mol. The molecule has 0 fully saturated rings. The average Bonchev–Trinajstić information content (AvgIpc) is 2.38. The van der Waals surface area contributed by atoms with Crippen molar-refractivity contribution in [3.63, 3.8) is 0 Å². The van der Waals surface area contributed by atoms with Crippen molar-refractivity contribution in [2.24, 2.45) is 4.99 Å². The Morgan fingerprint density at radius 2 is 2.47 bits per heavy atom. The Labute approximate surface area is 105 Å². The zero-order valence-corrected chi connectivity index (χ0v) is 10.5. The monoisotopic (exact) mass is 249 g/mol. The third kappa shape index (κ3) is 5.78. The van der Waals surface area contributed by atoms with Gasteiger partial charge < -0.3 is 5.32 Å². The fraction of sp³-hybridized carbons (Fsp3) is 0.364. The minimum atomic E-state index is 0.510. The van der Waals surface area contributed by atoms with Crippen LogP contribution in [0.3, 0.4) is 0 Å². The number of guanidine groups is 1. The second-order valence-electron chi connectivity index (χ2n) is 3.11. The van der Waals surface area contributed by atoms with E-state index < -0.39 is 0 Å². The Balaban J connectivity index is 2.11. The Bertz CT molecular complexity index is 385. The zero-order valence-electron chi connectivity index (χ0n) is 9.68. The van der Waals surface area contributed by atoms with Crippen molar-refractivity contribution >= 4 is 17.7 Å². The van der Waals surface area contributed by atoms with Crippen molar-refractivity contribution in [2.45, 2.75) is 11.4 Å². The number of rotatable bonds is 5. The summed E-state index contributed by atoms with van der Waals surface area (Å²) in [6.07, 6.45) is 4.60. The molecule has 90 valence electrons. The van der Waals surface area contributed by atoms with Crippen LogP contribution in [0.15, 0.2) is 34.4 Å². The number of nitrogens with zero attached hydrogens (tertiary/aromatic N) is 3. The Hall–Kier alpha value is -1.74. The molecule has 0 saturated heterocycles. The molecule has 0 radical (unpaired) electrons. The largest absolute Gasteiger partial charge is 0.356 e. The van der Waals surface area contributed by atoms with Crippen LogP contribution < -0.4 is 10.6 Å². The van der Waals surface area contributed by atoms with Crippen molar-refractivity contribution in [2.75, 3.05) is 19.3 Å². The number of hydrogen-bond donors (Lipinski definition) is 2. The molecule has 17 heavy (non-hydrogen) atoms. The molecule has 0 bridgehead atoms. The lowest BCUT2D eigenvalue weighted by Gasteiger charge is -2.06. The average molecular weight is 249 g/mol. The maximum absolute atomic E-state index is 8.42. The number of thioether (sulfide) groups is 1. The highest BCUT2D eigenvalue weighted by Gasteiger charge is 1.96. The first-order valence-electron chi connectivity index (χ1n) is 5.26. The summed E-state index contributed by atoms with van der Waals surface area (Å²) < 4.78 is 0. The maximum Gasteiger partial charge on any atom is 0.204 e. The molecule has 0 aliphatic rings. The van der Waals surface area contributed by atoms with E-state index in [0.717, 1.165) is 23.7 Å². The fourth-order valence-electron chi connectivity index (χ4n) is 1.12. The van der Waals surface area contributed by atoms with E-state index in [1.54, 1.807) is 25.0 Å². The van der Waals surface area contributed by atoms with E-state index >= 15 is 0 Å². The molecule has 0 amide bonds. The molecule has 0 aromatic carbocycles. The number of aromatic nitrogens is 1. The molecule has 6 heteroatoms. The first-order valence-corrected chi connectivity index (χ1v) is 6.25. The summed E-state index contributed by atoms with van der Waals surface area (Å²) in [5.41, 5.74) is 0. The van der Waals surface area contributed by atoms with E-state index in [9.17, 15) is 0 Å². The zero-order chi connectivity index (χ0) is 12.3. The number of nitrogens with one attached hydrogen (secondary N) is 2. The van der Waals surface area contributed by atoms with Gasteiger partial charge in [-0.3, -0.25) is 10.3 Å². The van der Waals surface area contributed by atoms with Crippen molar-refractivity contribution in [1.82, 2.24) is 15.6 Å². The number of aliphatic imine (C=N–C) groups is 1. The summed E-state index contributed by atoms with van der Waals surface area (Å²) >= 11 is 1.72. The number of nitriles is 1. The predicted octanol–water partition coefficient (Wildman–Crippen LogP) is 1.21. The van der Waals surface area contributed by atoms with E-state index in [2.05, 4.69) is 20.6 Å². The molecule has 0 aliphatic carbocycles. The molecule has 0 spiro atoms. The van der Waals surface area contributed by atoms with Gasteiger partial charge in [0.2, 0.25) is 5.96 Å². The topological polar surface area (TPSA) is 73.1 Å². The van der Waals surface area contributed by atoms with Gasteiger partial charge in [0.25, 0.3) is 0 Å². The molecule has 1 heterocycles. The van der Waals surface area contributed by atoms with Crippen LogP contribution in [-0.2, 0) is 0 Å². The highest BCUT2D eigenvalue weighted by Crippen LogP contribution is 2.14. The van der Waals surface area contributed by atoms with Crippen molar-refractivity contribution in [3.05, 3.63) is 24.4 Å². The molecule has 1 aromatic rings. The molecule has 0 saturated carbocycles. The van der Waals surface area contributed by atoms with E-state index in [1.165, 1.54) is 0 Å². The Morgan fingerprint density at radius 3 is 3.12 bits per heavy atom. The normalized spacial score (nSPS) is 10.7. The number of hydrogen-bond acceptors (Lipinski definition) is 4. The van der Waals surface area contributed by atoms with Crippen LogP contribution in [0.2, 0.25) is 0 Å². The molecular formula is C11H15N5S. The molecule has 0 unspecified atom stereocenters. The standard InChI is InChI=1S/C11H15N5S/c1-13-11(16-9-12)15-7-4-8-17-10-5-2-3-6-14-10/h2-3,5-6H,4,7-8H2,1H3,(H2,13,15,16). The van der Waals surface area contributed by atoms with Crippen molar-refractivity contribution in [1.29, 1.82) is 5.26 Å². The van der Waals surface area contributed by atoms with E-state index in [-0.39, 0.29) is 0 Å². The van der Waals surface area contributed by atoms with Crippen LogP contribution in [0, 0.1) is 11.5 Å². The Morgan fingerprint density at radius 1 is 1.59 bits per heavy atom. The fourth-order valence-corrected chi connectivity index (χ4v) is 1.93. The molecule has 0 aliphatic heterocycles. The van der Waals surface area contributed by atoms with Gasteiger partial charge in [0.05, 0.1) is 5.03 Å². The molecule has 1 rings (SSSR count). The third-order valence-corrected chi connectivity index (χ3v) is 2.93. The first kappa shape index (κ1) is 13.3. The lowest BCUT2D eigenvalue weighted by atomic mass is 10.5. The van der Waals surface area contributed by atoms with Gasteiger partial charge in [-0.1, -0.05) is 6.07 Å². The lowest BCUT2D eigenvalue weighted by molar-refractivity contribution is 0.826. The summed E-state index contributed by atoms with van der Waals surface area (Å²) in [7, 11) is 1.63. The predicted molar refractivity (Wildman–Crippen MR) is 69.7 cm³/mol. The molecule has 0 atom stereocenters. The van der Waals surface area contributed by atoms with Crippen LogP contribution in [-0.4, -0.2) is 30.3 Å². The first-order chi connectivity index (χ1) is 8.36. The van der Waals surface area contributed by atoms with Gasteiger partial charge >= 0.3 is 0 Å². The minimum absolute atomic E-state index is 0.510. The summed E-state index contributed by atoms with van der Waals surface area (Å²) in [4.78, 5) is 8.11.